The zero-order valence-electron chi connectivity index (χ0n) is 14.1. The van der Waals surface area contributed by atoms with Gasteiger partial charge in [0.1, 0.15) is 5.82 Å². The second-order valence-corrected chi connectivity index (χ2v) is 6.41. The third-order valence-electron chi connectivity index (χ3n) is 4.33. The van der Waals surface area contributed by atoms with Crippen molar-refractivity contribution in [2.24, 2.45) is 4.99 Å². The van der Waals surface area contributed by atoms with E-state index in [1.165, 1.54) is 18.9 Å². The second-order valence-electron chi connectivity index (χ2n) is 6.41. The van der Waals surface area contributed by atoms with Crippen molar-refractivity contribution in [1.29, 1.82) is 0 Å². The van der Waals surface area contributed by atoms with Crippen LogP contribution in [0.3, 0.4) is 0 Å². The maximum Gasteiger partial charge on any atom is 0.191 e. The van der Waals surface area contributed by atoms with Gasteiger partial charge in [0.25, 0.3) is 0 Å². The summed E-state index contributed by atoms with van der Waals surface area (Å²) in [6.45, 7) is 6.02. The van der Waals surface area contributed by atoms with Crippen LogP contribution >= 0.6 is 0 Å². The van der Waals surface area contributed by atoms with E-state index >= 15 is 0 Å². The molecule has 2 aliphatic rings. The Morgan fingerprint density at radius 3 is 2.79 bits per heavy atom. The van der Waals surface area contributed by atoms with Crippen molar-refractivity contribution in [1.82, 2.24) is 15.5 Å². The highest BCUT2D eigenvalue weighted by atomic mass is 19.1. The minimum Gasteiger partial charge on any atom is -0.379 e. The molecule has 0 amide bonds. The molecule has 132 valence electrons. The first-order valence-electron chi connectivity index (χ1n) is 8.89. The lowest BCUT2D eigenvalue weighted by Gasteiger charge is -2.26. The Balaban J connectivity index is 1.44. The van der Waals surface area contributed by atoms with Crippen molar-refractivity contribution < 1.29 is 9.13 Å². The van der Waals surface area contributed by atoms with Crippen LogP contribution in [0.25, 0.3) is 0 Å². The number of hydrogen-bond donors (Lipinski definition) is 2. The Kier molecular flexibility index (Phi) is 6.43. The van der Waals surface area contributed by atoms with Gasteiger partial charge in [-0.15, -0.1) is 0 Å². The molecular formula is C18H27FN4O. The highest BCUT2D eigenvalue weighted by Crippen LogP contribution is 2.18. The first-order valence-corrected chi connectivity index (χ1v) is 8.89. The molecule has 24 heavy (non-hydrogen) atoms. The molecule has 1 saturated heterocycles. The molecular weight excluding hydrogens is 307 g/mol. The Bertz CT molecular complexity index is 542. The van der Waals surface area contributed by atoms with Gasteiger partial charge >= 0.3 is 0 Å². The van der Waals surface area contributed by atoms with Crippen LogP contribution in [0.15, 0.2) is 29.3 Å². The molecule has 6 heteroatoms. The van der Waals surface area contributed by atoms with E-state index in [1.807, 2.05) is 6.07 Å². The number of benzene rings is 1. The molecule has 3 rings (SSSR count). The molecule has 2 N–H and O–H groups in total. The number of halogens is 1. The maximum atomic E-state index is 13.7. The highest BCUT2D eigenvalue weighted by molar-refractivity contribution is 5.80. The van der Waals surface area contributed by atoms with Crippen LogP contribution in [0.1, 0.15) is 24.8 Å². The smallest absolute Gasteiger partial charge is 0.191 e. The van der Waals surface area contributed by atoms with Gasteiger partial charge in [-0.3, -0.25) is 4.90 Å². The van der Waals surface area contributed by atoms with Gasteiger partial charge in [-0.2, -0.15) is 0 Å². The summed E-state index contributed by atoms with van der Waals surface area (Å²) in [7, 11) is 0. The fourth-order valence-corrected chi connectivity index (χ4v) is 2.70. The number of nitrogens with one attached hydrogen (secondary N) is 2. The predicted molar refractivity (Wildman–Crippen MR) is 93.6 cm³/mol. The van der Waals surface area contributed by atoms with Crippen LogP contribution in [0.4, 0.5) is 4.39 Å². The quantitative estimate of drug-likeness (QED) is 0.453. The van der Waals surface area contributed by atoms with Crippen LogP contribution in [0.2, 0.25) is 0 Å². The van der Waals surface area contributed by atoms with E-state index < -0.39 is 0 Å². The first kappa shape index (κ1) is 17.2. The van der Waals surface area contributed by atoms with E-state index in [9.17, 15) is 4.39 Å². The van der Waals surface area contributed by atoms with E-state index in [0.29, 0.717) is 18.2 Å². The summed E-state index contributed by atoms with van der Waals surface area (Å²) < 4.78 is 19.1. The summed E-state index contributed by atoms with van der Waals surface area (Å²) >= 11 is 0. The molecule has 0 atom stereocenters. The molecule has 0 spiro atoms. The average Bonchev–Trinajstić information content (AvgIpc) is 3.42. The molecule has 1 aromatic rings. The predicted octanol–water partition coefficient (Wildman–Crippen LogP) is 1.75. The van der Waals surface area contributed by atoms with Crippen molar-refractivity contribution in [3.8, 4) is 0 Å². The average molecular weight is 334 g/mol. The van der Waals surface area contributed by atoms with E-state index in [-0.39, 0.29) is 5.82 Å². The molecule has 1 aromatic carbocycles. The zero-order valence-corrected chi connectivity index (χ0v) is 14.1. The Hall–Kier alpha value is -1.66. The second kappa shape index (κ2) is 8.99. The van der Waals surface area contributed by atoms with Gasteiger partial charge in [0.05, 0.1) is 19.8 Å². The third-order valence-corrected chi connectivity index (χ3v) is 4.33. The number of nitrogens with zero attached hydrogens (tertiary/aromatic N) is 2. The Morgan fingerprint density at radius 1 is 1.25 bits per heavy atom. The third kappa shape index (κ3) is 5.76. The van der Waals surface area contributed by atoms with Gasteiger partial charge in [0, 0.05) is 31.2 Å². The SMILES string of the molecule is Fc1ccccc1CN=C(NCCCN1CCOCC1)NC1CC1. The topological polar surface area (TPSA) is 48.9 Å². The summed E-state index contributed by atoms with van der Waals surface area (Å²) in [5.41, 5.74) is 0.628. The van der Waals surface area contributed by atoms with E-state index in [2.05, 4.69) is 20.5 Å². The van der Waals surface area contributed by atoms with Gasteiger partial charge in [0.2, 0.25) is 0 Å². The lowest BCUT2D eigenvalue weighted by atomic mass is 10.2. The molecule has 0 aromatic heterocycles. The minimum absolute atomic E-state index is 0.195. The van der Waals surface area contributed by atoms with Gasteiger partial charge in [-0.25, -0.2) is 9.38 Å². The van der Waals surface area contributed by atoms with Crippen LogP contribution < -0.4 is 10.6 Å². The molecule has 1 heterocycles. The molecule has 1 aliphatic carbocycles. The van der Waals surface area contributed by atoms with E-state index in [0.717, 1.165) is 51.8 Å². The molecule has 5 nitrogen and oxygen atoms in total. The van der Waals surface area contributed by atoms with Gasteiger partial charge < -0.3 is 15.4 Å². The van der Waals surface area contributed by atoms with Gasteiger partial charge in [0.15, 0.2) is 5.96 Å². The monoisotopic (exact) mass is 334 g/mol. The fourth-order valence-electron chi connectivity index (χ4n) is 2.70. The lowest BCUT2D eigenvalue weighted by molar-refractivity contribution is 0.0376. The molecule has 0 bridgehead atoms. The molecule has 1 aliphatic heterocycles. The summed E-state index contributed by atoms with van der Waals surface area (Å²) in [6, 6.07) is 7.34. The van der Waals surface area contributed by atoms with Gasteiger partial charge in [-0.1, -0.05) is 18.2 Å². The van der Waals surface area contributed by atoms with Crippen molar-refractivity contribution in [2.45, 2.75) is 31.8 Å². The number of aliphatic imine (C=N–C) groups is 1. The van der Waals surface area contributed by atoms with Gasteiger partial charge in [-0.05, 0) is 31.9 Å². The lowest BCUT2D eigenvalue weighted by Crippen LogP contribution is -2.41. The Morgan fingerprint density at radius 2 is 2.04 bits per heavy atom. The standard InChI is InChI=1S/C18H27FN4O/c19-17-5-2-1-4-15(17)14-21-18(22-16-6-7-16)20-8-3-9-23-10-12-24-13-11-23/h1-2,4-5,16H,3,6-14H2,(H2,20,21,22). The molecule has 1 saturated carbocycles. The summed E-state index contributed by atoms with van der Waals surface area (Å²) in [4.78, 5) is 6.97. The largest absolute Gasteiger partial charge is 0.379 e. The molecule has 0 unspecified atom stereocenters. The van der Waals surface area contributed by atoms with Crippen LogP contribution in [-0.4, -0.2) is 56.3 Å². The minimum atomic E-state index is -0.195. The molecule has 0 radical (unpaired) electrons. The first-order chi connectivity index (χ1) is 11.8. The van der Waals surface area contributed by atoms with E-state index in [1.54, 1.807) is 12.1 Å². The number of hydrogen-bond acceptors (Lipinski definition) is 3. The normalized spacial score (nSPS) is 19.3. The highest BCUT2D eigenvalue weighted by Gasteiger charge is 2.22. The van der Waals surface area contributed by atoms with Crippen LogP contribution in [-0.2, 0) is 11.3 Å². The van der Waals surface area contributed by atoms with Crippen LogP contribution in [0.5, 0.6) is 0 Å². The number of guanidine groups is 1. The summed E-state index contributed by atoms with van der Waals surface area (Å²) in [6.07, 6.45) is 3.44. The van der Waals surface area contributed by atoms with E-state index in [4.69, 9.17) is 4.74 Å². The number of rotatable bonds is 7. The Labute approximate surface area is 143 Å². The number of ether oxygens (including phenoxy) is 1. The van der Waals surface area contributed by atoms with Crippen molar-refractivity contribution in [3.63, 3.8) is 0 Å². The fraction of sp³-hybridized carbons (Fsp3) is 0.611. The van der Waals surface area contributed by atoms with Crippen LogP contribution in [0, 0.1) is 5.82 Å². The summed E-state index contributed by atoms with van der Waals surface area (Å²) in [5, 5.41) is 6.78. The number of morpholine rings is 1. The van der Waals surface area contributed by atoms with Crippen molar-refractivity contribution >= 4 is 5.96 Å². The summed E-state index contributed by atoms with van der Waals surface area (Å²) in [5.74, 6) is 0.599. The molecule has 2 fully saturated rings. The maximum absolute atomic E-state index is 13.7. The van der Waals surface area contributed by atoms with Crippen molar-refractivity contribution in [2.75, 3.05) is 39.4 Å². The zero-order chi connectivity index (χ0) is 16.6. The van der Waals surface area contributed by atoms with Crippen molar-refractivity contribution in [3.05, 3.63) is 35.6 Å².